The van der Waals surface area contributed by atoms with Crippen molar-refractivity contribution in [1.82, 2.24) is 13.5 Å². The van der Waals surface area contributed by atoms with E-state index in [1.807, 2.05) is 4.90 Å². The maximum Gasteiger partial charge on any atom is 0.282 e. The second-order valence-electron chi connectivity index (χ2n) is 6.88. The Balaban J connectivity index is 1.58. The van der Waals surface area contributed by atoms with Crippen LogP contribution in [0.25, 0.3) is 0 Å². The quantitative estimate of drug-likeness (QED) is 0.711. The van der Waals surface area contributed by atoms with Crippen LogP contribution in [-0.2, 0) is 19.7 Å². The third-order valence-corrected chi connectivity index (χ3v) is 7.06. The van der Waals surface area contributed by atoms with Crippen LogP contribution in [0.3, 0.4) is 0 Å². The summed E-state index contributed by atoms with van der Waals surface area (Å²) < 4.78 is 33.5. The lowest BCUT2D eigenvalue weighted by atomic mass is 9.98. The van der Waals surface area contributed by atoms with E-state index in [4.69, 9.17) is 4.74 Å². The van der Waals surface area contributed by atoms with Gasteiger partial charge in [-0.15, -0.1) is 0 Å². The summed E-state index contributed by atoms with van der Waals surface area (Å²) >= 11 is 0. The molecule has 132 valence electrons. The molecule has 0 aromatic heterocycles. The molecule has 3 aliphatic rings. The highest BCUT2D eigenvalue weighted by atomic mass is 32.2. The molecular formula is C15H27N3O4S. The van der Waals surface area contributed by atoms with Gasteiger partial charge in [0.05, 0.1) is 12.5 Å². The van der Waals surface area contributed by atoms with Gasteiger partial charge in [-0.05, 0) is 25.7 Å². The molecule has 7 nitrogen and oxygen atoms in total. The summed E-state index contributed by atoms with van der Waals surface area (Å²) in [5.74, 6) is 0.262. The number of hydrogen-bond donors (Lipinski definition) is 0. The minimum Gasteiger partial charge on any atom is -0.384 e. The van der Waals surface area contributed by atoms with Gasteiger partial charge in [0.25, 0.3) is 10.2 Å². The Morgan fingerprint density at radius 3 is 2.39 bits per heavy atom. The topological polar surface area (TPSA) is 70.2 Å². The molecule has 3 rings (SSSR count). The zero-order chi connectivity index (χ0) is 16.4. The largest absolute Gasteiger partial charge is 0.384 e. The fourth-order valence-electron chi connectivity index (χ4n) is 3.76. The van der Waals surface area contributed by atoms with Crippen LogP contribution in [0.1, 0.15) is 25.7 Å². The summed E-state index contributed by atoms with van der Waals surface area (Å²) in [5.41, 5.74) is 0. The number of carbonyl (C=O) groups excluding carboxylic acids is 1. The van der Waals surface area contributed by atoms with Gasteiger partial charge in [-0.25, -0.2) is 0 Å². The predicted octanol–water partition coefficient (Wildman–Crippen LogP) is 0.144. The number of methoxy groups -OCH3 is 1. The first-order valence-electron chi connectivity index (χ1n) is 8.55. The molecule has 0 aromatic carbocycles. The van der Waals surface area contributed by atoms with Crippen LogP contribution in [0, 0.1) is 11.8 Å². The molecular weight excluding hydrogens is 318 g/mol. The molecule has 3 saturated heterocycles. The standard InChI is InChI=1S/C15H27N3O4S/c1-22-12-13-9-18(10-13)23(20,21)17-8-4-5-14(11-17)15(19)16-6-2-3-7-16/h13-14H,2-12H2,1H3/t14-/m0/s1. The predicted molar refractivity (Wildman–Crippen MR) is 86.0 cm³/mol. The lowest BCUT2D eigenvalue weighted by molar-refractivity contribution is -0.135. The lowest BCUT2D eigenvalue weighted by Gasteiger charge is -2.42. The summed E-state index contributed by atoms with van der Waals surface area (Å²) in [6.45, 7) is 4.16. The fraction of sp³-hybridized carbons (Fsp3) is 0.933. The van der Waals surface area contributed by atoms with Crippen LogP contribution in [0.15, 0.2) is 0 Å². The molecule has 23 heavy (non-hydrogen) atoms. The summed E-state index contributed by atoms with van der Waals surface area (Å²) in [6, 6.07) is 0. The molecule has 0 aromatic rings. The van der Waals surface area contributed by atoms with Gasteiger partial charge in [0.2, 0.25) is 5.91 Å². The third kappa shape index (κ3) is 3.55. The monoisotopic (exact) mass is 345 g/mol. The molecule has 8 heteroatoms. The number of amides is 1. The van der Waals surface area contributed by atoms with E-state index in [0.29, 0.717) is 38.7 Å². The molecule has 0 spiro atoms. The number of ether oxygens (including phenoxy) is 1. The molecule has 3 aliphatic heterocycles. The molecule has 0 bridgehead atoms. The first-order valence-corrected chi connectivity index (χ1v) is 9.95. The van der Waals surface area contributed by atoms with E-state index in [1.165, 1.54) is 8.61 Å². The highest BCUT2D eigenvalue weighted by molar-refractivity contribution is 7.86. The van der Waals surface area contributed by atoms with Crippen LogP contribution in [0.5, 0.6) is 0 Å². The van der Waals surface area contributed by atoms with Gasteiger partial charge < -0.3 is 9.64 Å². The van der Waals surface area contributed by atoms with Crippen LogP contribution < -0.4 is 0 Å². The average molecular weight is 345 g/mol. The van der Waals surface area contributed by atoms with Crippen molar-refractivity contribution in [1.29, 1.82) is 0 Å². The Morgan fingerprint density at radius 1 is 1.04 bits per heavy atom. The fourth-order valence-corrected chi connectivity index (χ4v) is 5.62. The van der Waals surface area contributed by atoms with Crippen LogP contribution in [0.4, 0.5) is 0 Å². The van der Waals surface area contributed by atoms with Gasteiger partial charge in [0.1, 0.15) is 0 Å². The molecule has 1 atom stereocenters. The smallest absolute Gasteiger partial charge is 0.282 e. The maximum absolute atomic E-state index is 12.7. The van der Waals surface area contributed by atoms with Crippen molar-refractivity contribution in [2.24, 2.45) is 11.8 Å². The number of rotatable bonds is 5. The van der Waals surface area contributed by atoms with Crippen molar-refractivity contribution in [3.63, 3.8) is 0 Å². The Kier molecular flexibility index (Phi) is 5.25. The number of likely N-dealkylation sites (tertiary alicyclic amines) is 1. The molecule has 3 heterocycles. The van der Waals surface area contributed by atoms with Crippen molar-refractivity contribution < 1.29 is 17.9 Å². The van der Waals surface area contributed by atoms with Gasteiger partial charge >= 0.3 is 0 Å². The normalized spacial score (nSPS) is 28.0. The Morgan fingerprint density at radius 2 is 1.74 bits per heavy atom. The number of carbonyl (C=O) groups is 1. The van der Waals surface area contributed by atoms with E-state index in [0.717, 1.165) is 38.8 Å². The van der Waals surface area contributed by atoms with Gasteiger partial charge in [-0.2, -0.15) is 17.0 Å². The van der Waals surface area contributed by atoms with Gasteiger partial charge in [0, 0.05) is 52.3 Å². The van der Waals surface area contributed by atoms with Crippen LogP contribution in [-0.4, -0.2) is 80.8 Å². The highest BCUT2D eigenvalue weighted by Crippen LogP contribution is 2.27. The molecule has 3 fully saturated rings. The summed E-state index contributed by atoms with van der Waals surface area (Å²) in [6.07, 6.45) is 3.69. The van der Waals surface area contributed by atoms with Crippen LogP contribution >= 0.6 is 0 Å². The lowest BCUT2D eigenvalue weighted by Crippen LogP contribution is -2.58. The molecule has 1 amide bonds. The second kappa shape index (κ2) is 7.04. The number of hydrogen-bond acceptors (Lipinski definition) is 4. The minimum atomic E-state index is -3.43. The van der Waals surface area contributed by atoms with E-state index < -0.39 is 10.2 Å². The second-order valence-corrected chi connectivity index (χ2v) is 8.80. The summed E-state index contributed by atoms with van der Waals surface area (Å²) in [5, 5.41) is 0. The molecule has 0 radical (unpaired) electrons. The maximum atomic E-state index is 12.7. The molecule has 0 saturated carbocycles. The first kappa shape index (κ1) is 17.1. The van der Waals surface area contributed by atoms with E-state index in [9.17, 15) is 13.2 Å². The van der Waals surface area contributed by atoms with Crippen molar-refractivity contribution >= 4 is 16.1 Å². The van der Waals surface area contributed by atoms with E-state index in [2.05, 4.69) is 0 Å². The van der Waals surface area contributed by atoms with Gasteiger partial charge in [-0.3, -0.25) is 4.79 Å². The molecule has 0 aliphatic carbocycles. The average Bonchev–Trinajstić information content (AvgIpc) is 3.04. The SMILES string of the molecule is COCC1CN(S(=O)(=O)N2CCC[C@H](C(=O)N3CCCC3)C2)C1. The summed E-state index contributed by atoms with van der Waals surface area (Å²) in [7, 11) is -1.79. The highest BCUT2D eigenvalue weighted by Gasteiger charge is 2.42. The molecule has 0 N–H and O–H groups in total. The Bertz CT molecular complexity index is 527. The number of nitrogens with zero attached hydrogens (tertiary/aromatic N) is 3. The van der Waals surface area contributed by atoms with E-state index >= 15 is 0 Å². The molecule has 0 unspecified atom stereocenters. The Hall–Kier alpha value is -0.700. The first-order chi connectivity index (χ1) is 11.0. The van der Waals surface area contributed by atoms with Crippen molar-refractivity contribution in [3.05, 3.63) is 0 Å². The van der Waals surface area contributed by atoms with Gasteiger partial charge in [-0.1, -0.05) is 0 Å². The minimum absolute atomic E-state index is 0.142. The number of piperidine rings is 1. The van der Waals surface area contributed by atoms with E-state index in [1.54, 1.807) is 7.11 Å². The van der Waals surface area contributed by atoms with E-state index in [-0.39, 0.29) is 11.8 Å². The Labute approximate surface area is 138 Å². The van der Waals surface area contributed by atoms with Crippen molar-refractivity contribution in [2.75, 3.05) is 53.0 Å². The van der Waals surface area contributed by atoms with Gasteiger partial charge in [0.15, 0.2) is 0 Å². The van der Waals surface area contributed by atoms with Crippen molar-refractivity contribution in [3.8, 4) is 0 Å². The third-order valence-electron chi connectivity index (χ3n) is 5.13. The summed E-state index contributed by atoms with van der Waals surface area (Å²) in [4.78, 5) is 14.4. The zero-order valence-corrected chi connectivity index (χ0v) is 14.6. The van der Waals surface area contributed by atoms with Crippen molar-refractivity contribution in [2.45, 2.75) is 25.7 Å². The zero-order valence-electron chi connectivity index (χ0n) is 13.8. The van der Waals surface area contributed by atoms with Crippen LogP contribution in [0.2, 0.25) is 0 Å².